The molecule has 0 fully saturated rings. The molecule has 0 saturated heterocycles. The molecule has 0 aliphatic rings. The van der Waals surface area contributed by atoms with Crippen LogP contribution in [-0.4, -0.2) is 0 Å². The van der Waals surface area contributed by atoms with Crippen LogP contribution in [0.2, 0.25) is 0 Å². The number of furan rings is 1. The van der Waals surface area contributed by atoms with Crippen LogP contribution in [0.3, 0.4) is 0 Å². The lowest BCUT2D eigenvalue weighted by molar-refractivity contribution is 0.669. The minimum atomic E-state index is 0.916. The van der Waals surface area contributed by atoms with Gasteiger partial charge < -0.3 is 9.32 Å². The van der Waals surface area contributed by atoms with Crippen molar-refractivity contribution in [2.24, 2.45) is 0 Å². The van der Waals surface area contributed by atoms with E-state index in [1.807, 2.05) is 28.7 Å². The Morgan fingerprint density at radius 2 is 0.886 bits per heavy atom. The smallest absolute Gasteiger partial charge is 0.136 e. The predicted octanol–water partition coefficient (Wildman–Crippen LogP) is 12.9. The zero-order chi connectivity index (χ0) is 28.8. The normalized spacial score (nSPS) is 12.1. The standard InChI is InChI=1S/C40H23NOS2/c1-4-10-34-30(9-1)40-31-21-25(15-13-24(31)14-18-35(40)42-34)41(26-16-19-38-32(22-26)28-7-2-5-11-36(28)43-38)27-17-20-39-33(23-27)29-8-3-6-12-37(29)44-39/h1-23H. The van der Waals surface area contributed by atoms with Gasteiger partial charge in [-0.25, -0.2) is 0 Å². The summed E-state index contributed by atoms with van der Waals surface area (Å²) in [5, 5.41) is 9.90. The van der Waals surface area contributed by atoms with Crippen molar-refractivity contribution in [3.05, 3.63) is 140 Å². The molecule has 2 nitrogen and oxygen atoms in total. The van der Waals surface area contributed by atoms with Gasteiger partial charge in [0.05, 0.1) is 0 Å². The highest BCUT2D eigenvalue weighted by Gasteiger charge is 2.18. The molecule has 0 saturated carbocycles. The van der Waals surface area contributed by atoms with E-state index < -0.39 is 0 Å². The monoisotopic (exact) mass is 597 g/mol. The average Bonchev–Trinajstić information content (AvgIpc) is 3.76. The van der Waals surface area contributed by atoms with Crippen LogP contribution in [0.4, 0.5) is 17.1 Å². The summed E-state index contributed by atoms with van der Waals surface area (Å²) >= 11 is 3.71. The van der Waals surface area contributed by atoms with Gasteiger partial charge in [-0.15, -0.1) is 22.7 Å². The third-order valence-electron chi connectivity index (χ3n) is 8.84. The minimum Gasteiger partial charge on any atom is -0.456 e. The first-order valence-electron chi connectivity index (χ1n) is 14.8. The van der Waals surface area contributed by atoms with Crippen molar-refractivity contribution in [3.63, 3.8) is 0 Å². The Morgan fingerprint density at radius 3 is 1.55 bits per heavy atom. The molecule has 4 heteroatoms. The highest BCUT2D eigenvalue weighted by atomic mass is 32.1. The molecule has 44 heavy (non-hydrogen) atoms. The van der Waals surface area contributed by atoms with Crippen molar-refractivity contribution in [1.82, 2.24) is 0 Å². The van der Waals surface area contributed by atoms with Crippen LogP contribution in [0.25, 0.3) is 73.1 Å². The van der Waals surface area contributed by atoms with Gasteiger partial charge >= 0.3 is 0 Å². The van der Waals surface area contributed by atoms with Crippen LogP contribution >= 0.6 is 22.7 Å². The summed E-state index contributed by atoms with van der Waals surface area (Å²) in [5.41, 5.74) is 5.24. The highest BCUT2D eigenvalue weighted by molar-refractivity contribution is 7.26. The number of fused-ring (bicyclic) bond motifs is 11. The van der Waals surface area contributed by atoms with Crippen molar-refractivity contribution in [2.75, 3.05) is 4.90 Å². The average molecular weight is 598 g/mol. The summed E-state index contributed by atoms with van der Waals surface area (Å²) in [6.07, 6.45) is 0. The Kier molecular flexibility index (Phi) is 5.06. The van der Waals surface area contributed by atoms with Crippen LogP contribution in [-0.2, 0) is 0 Å². The minimum absolute atomic E-state index is 0.916. The predicted molar refractivity (Wildman–Crippen MR) is 192 cm³/mol. The van der Waals surface area contributed by atoms with Crippen LogP contribution in [0.15, 0.2) is 144 Å². The molecule has 0 N–H and O–H groups in total. The maximum atomic E-state index is 6.28. The van der Waals surface area contributed by atoms with E-state index in [1.165, 1.54) is 56.5 Å². The molecule has 3 aromatic heterocycles. The van der Waals surface area contributed by atoms with E-state index in [1.54, 1.807) is 0 Å². The summed E-state index contributed by atoms with van der Waals surface area (Å²) in [5.74, 6) is 0. The molecule has 0 bridgehead atoms. The van der Waals surface area contributed by atoms with Crippen LogP contribution in [0, 0.1) is 0 Å². The molecule has 0 aliphatic heterocycles. The topological polar surface area (TPSA) is 16.4 Å². The number of benzene rings is 7. The molecule has 10 aromatic rings. The van der Waals surface area contributed by atoms with Gasteiger partial charge in [-0.2, -0.15) is 0 Å². The SMILES string of the molecule is c1ccc2c(c1)oc1ccc3ccc(N(c4ccc5sc6ccccc6c5c4)c4ccc5sc6ccccc6c5c4)cc3c12. The van der Waals surface area contributed by atoms with Gasteiger partial charge in [-0.1, -0.05) is 66.7 Å². The van der Waals surface area contributed by atoms with E-state index in [0.717, 1.165) is 33.6 Å². The first-order valence-corrected chi connectivity index (χ1v) is 16.4. The Bertz CT molecular complexity index is 2630. The fourth-order valence-electron chi connectivity index (χ4n) is 6.82. The van der Waals surface area contributed by atoms with E-state index in [9.17, 15) is 0 Å². The van der Waals surface area contributed by atoms with Crippen LogP contribution < -0.4 is 4.90 Å². The van der Waals surface area contributed by atoms with Crippen molar-refractivity contribution < 1.29 is 4.42 Å². The van der Waals surface area contributed by atoms with Crippen molar-refractivity contribution in [2.45, 2.75) is 0 Å². The van der Waals surface area contributed by atoms with Gasteiger partial charge in [0.25, 0.3) is 0 Å². The van der Waals surface area contributed by atoms with Gasteiger partial charge in [-0.3, -0.25) is 0 Å². The molecular weight excluding hydrogens is 575 g/mol. The lowest BCUT2D eigenvalue weighted by Crippen LogP contribution is -2.09. The first kappa shape index (κ1) is 24.3. The fraction of sp³-hybridized carbons (Fsp3) is 0. The van der Waals surface area contributed by atoms with E-state index in [0.29, 0.717) is 0 Å². The Labute approximate surface area is 260 Å². The molecule has 0 aliphatic carbocycles. The van der Waals surface area contributed by atoms with Gasteiger partial charge in [0.2, 0.25) is 0 Å². The zero-order valence-electron chi connectivity index (χ0n) is 23.5. The summed E-state index contributed by atoms with van der Waals surface area (Å²) in [6.45, 7) is 0. The first-order chi connectivity index (χ1) is 21.8. The van der Waals surface area contributed by atoms with Gasteiger partial charge in [0, 0.05) is 68.2 Å². The molecule has 7 aromatic carbocycles. The zero-order valence-corrected chi connectivity index (χ0v) is 25.1. The molecule has 3 heterocycles. The quantitative estimate of drug-likeness (QED) is 0.201. The largest absolute Gasteiger partial charge is 0.456 e. The second kappa shape index (κ2) is 9.17. The molecule has 10 rings (SSSR count). The number of para-hydroxylation sites is 1. The maximum absolute atomic E-state index is 6.28. The summed E-state index contributed by atoms with van der Waals surface area (Å²) in [7, 11) is 0. The van der Waals surface area contributed by atoms with Crippen molar-refractivity contribution >= 4 is 113 Å². The third kappa shape index (κ3) is 3.53. The molecule has 206 valence electrons. The highest BCUT2D eigenvalue weighted by Crippen LogP contribution is 2.44. The van der Waals surface area contributed by atoms with E-state index in [4.69, 9.17) is 4.42 Å². The van der Waals surface area contributed by atoms with E-state index in [2.05, 4.69) is 138 Å². The fourth-order valence-corrected chi connectivity index (χ4v) is 9.00. The molecular formula is C40H23NOS2. The molecule has 0 radical (unpaired) electrons. The Hall–Kier alpha value is -5.16. The van der Waals surface area contributed by atoms with Crippen LogP contribution in [0.5, 0.6) is 0 Å². The maximum Gasteiger partial charge on any atom is 0.136 e. The van der Waals surface area contributed by atoms with Crippen molar-refractivity contribution in [3.8, 4) is 0 Å². The second-order valence-corrected chi connectivity index (χ2v) is 13.5. The van der Waals surface area contributed by atoms with Crippen molar-refractivity contribution in [1.29, 1.82) is 0 Å². The van der Waals surface area contributed by atoms with Gasteiger partial charge in [0.15, 0.2) is 0 Å². The molecule has 0 amide bonds. The number of nitrogens with zero attached hydrogens (tertiary/aromatic N) is 1. The van der Waals surface area contributed by atoms with E-state index >= 15 is 0 Å². The number of hydrogen-bond donors (Lipinski definition) is 0. The van der Waals surface area contributed by atoms with Gasteiger partial charge in [-0.05, 0) is 83.6 Å². The Morgan fingerprint density at radius 1 is 0.386 bits per heavy atom. The lowest BCUT2D eigenvalue weighted by atomic mass is 10.0. The molecule has 0 unspecified atom stereocenters. The Balaban J connectivity index is 1.27. The molecule has 0 atom stereocenters. The van der Waals surface area contributed by atoms with Gasteiger partial charge in [0.1, 0.15) is 11.2 Å². The van der Waals surface area contributed by atoms with E-state index in [-0.39, 0.29) is 0 Å². The number of thiophene rings is 2. The second-order valence-electron chi connectivity index (χ2n) is 11.3. The summed E-state index contributed by atoms with van der Waals surface area (Å²) in [6, 6.07) is 50.7. The third-order valence-corrected chi connectivity index (χ3v) is 11.1. The number of hydrogen-bond acceptors (Lipinski definition) is 4. The lowest BCUT2D eigenvalue weighted by Gasteiger charge is -2.26. The summed E-state index contributed by atoms with van der Waals surface area (Å²) < 4.78 is 11.5. The molecule has 0 spiro atoms. The number of rotatable bonds is 3. The van der Waals surface area contributed by atoms with Crippen LogP contribution in [0.1, 0.15) is 0 Å². The summed E-state index contributed by atoms with van der Waals surface area (Å²) in [4.78, 5) is 2.41. The number of anilines is 3.